The highest BCUT2D eigenvalue weighted by Gasteiger charge is 2.28. The molecule has 1 aromatic rings. The number of carbonyl (C=O) groups is 1. The van der Waals surface area contributed by atoms with E-state index in [-0.39, 0.29) is 5.78 Å². The fraction of sp³-hybridized carbons (Fsp3) is 0.455. The van der Waals surface area contributed by atoms with Gasteiger partial charge in [0.1, 0.15) is 0 Å². The number of rotatable bonds is 2. The zero-order chi connectivity index (χ0) is 11.6. The van der Waals surface area contributed by atoms with Crippen LogP contribution >= 0.6 is 0 Å². The average molecular weight is 208 g/mol. The summed E-state index contributed by atoms with van der Waals surface area (Å²) in [6, 6.07) is 2.53. The van der Waals surface area contributed by atoms with Crippen LogP contribution in [0, 0.1) is 10.6 Å². The number of ketones is 1. The highest BCUT2D eigenvalue weighted by atomic mass is 16.5. The first-order valence-corrected chi connectivity index (χ1v) is 4.81. The van der Waals surface area contributed by atoms with Gasteiger partial charge in [0, 0.05) is 17.0 Å². The molecule has 82 valence electrons. The van der Waals surface area contributed by atoms with Crippen molar-refractivity contribution in [2.75, 3.05) is 0 Å². The second-order valence-corrected chi connectivity index (χ2v) is 4.59. The molecule has 0 aliphatic heterocycles. The molecule has 0 aromatic carbocycles. The van der Waals surface area contributed by atoms with Gasteiger partial charge in [-0.2, -0.15) is 4.73 Å². The summed E-state index contributed by atoms with van der Waals surface area (Å²) in [6.45, 7) is 5.43. The summed E-state index contributed by atoms with van der Waals surface area (Å²) in [4.78, 5) is 11.8. The lowest BCUT2D eigenvalue weighted by Crippen LogP contribution is -2.34. The topological polar surface area (TPSA) is 70.0 Å². The molecule has 1 aromatic heterocycles. The molecule has 1 heterocycles. The predicted octanol–water partition coefficient (Wildman–Crippen LogP) is 0.935. The maximum atomic E-state index is 11.8. The Hall–Kier alpha value is -1.42. The molecule has 4 heteroatoms. The molecule has 4 nitrogen and oxygen atoms in total. The zero-order valence-corrected chi connectivity index (χ0v) is 9.23. The minimum Gasteiger partial charge on any atom is -0.619 e. The van der Waals surface area contributed by atoms with Gasteiger partial charge in [0.2, 0.25) is 0 Å². The quantitative estimate of drug-likeness (QED) is 0.580. The molecule has 15 heavy (non-hydrogen) atoms. The number of hydrogen-bond acceptors (Lipinski definition) is 3. The molecule has 0 aliphatic carbocycles. The first kappa shape index (κ1) is 11.7. The largest absolute Gasteiger partial charge is 0.619 e. The van der Waals surface area contributed by atoms with Crippen LogP contribution in [0.3, 0.4) is 0 Å². The van der Waals surface area contributed by atoms with Crippen LogP contribution in [0.5, 0.6) is 0 Å². The van der Waals surface area contributed by atoms with Crippen LogP contribution in [0.4, 0.5) is 0 Å². The van der Waals surface area contributed by atoms with E-state index < -0.39 is 11.5 Å². The third-order valence-electron chi connectivity index (χ3n) is 2.18. The smallest absolute Gasteiger partial charge is 0.185 e. The molecule has 1 rings (SSSR count). The molecule has 2 N–H and O–H groups in total. The third kappa shape index (κ3) is 2.76. The Morgan fingerprint density at radius 3 is 2.60 bits per heavy atom. The van der Waals surface area contributed by atoms with Gasteiger partial charge in [-0.15, -0.1) is 0 Å². The van der Waals surface area contributed by atoms with Gasteiger partial charge >= 0.3 is 0 Å². The van der Waals surface area contributed by atoms with E-state index in [4.69, 9.17) is 5.73 Å². The van der Waals surface area contributed by atoms with Gasteiger partial charge < -0.3 is 10.9 Å². The first-order chi connectivity index (χ1) is 6.82. The molecule has 1 atom stereocenters. The van der Waals surface area contributed by atoms with Crippen molar-refractivity contribution in [2.24, 2.45) is 11.1 Å². The second kappa shape index (κ2) is 3.98. The Bertz CT molecular complexity index is 369. The van der Waals surface area contributed by atoms with E-state index >= 15 is 0 Å². The molecular weight excluding hydrogens is 192 g/mol. The Balaban J connectivity index is 2.95. The monoisotopic (exact) mass is 208 g/mol. The second-order valence-electron chi connectivity index (χ2n) is 4.59. The lowest BCUT2D eigenvalue weighted by atomic mass is 9.85. The third-order valence-corrected chi connectivity index (χ3v) is 2.18. The normalized spacial score (nSPS) is 13.6. The molecule has 0 aliphatic rings. The van der Waals surface area contributed by atoms with Crippen molar-refractivity contribution in [3.8, 4) is 0 Å². The predicted molar refractivity (Wildman–Crippen MR) is 56.8 cm³/mol. The van der Waals surface area contributed by atoms with Gasteiger partial charge in [0.15, 0.2) is 18.2 Å². The maximum Gasteiger partial charge on any atom is 0.185 e. The van der Waals surface area contributed by atoms with E-state index in [1.54, 1.807) is 12.1 Å². The summed E-state index contributed by atoms with van der Waals surface area (Å²) >= 11 is 0. The minimum atomic E-state index is -0.730. The number of pyridine rings is 1. The van der Waals surface area contributed by atoms with E-state index in [0.29, 0.717) is 10.3 Å². The lowest BCUT2D eigenvalue weighted by Gasteiger charge is -2.21. The Morgan fingerprint density at radius 2 is 2.13 bits per heavy atom. The fourth-order valence-electron chi connectivity index (χ4n) is 1.27. The minimum absolute atomic E-state index is 0.0753. The van der Waals surface area contributed by atoms with Gasteiger partial charge in [-0.3, -0.25) is 4.79 Å². The summed E-state index contributed by atoms with van der Waals surface area (Å²) < 4.78 is 0.644. The van der Waals surface area contributed by atoms with Crippen LogP contribution in [-0.4, -0.2) is 5.78 Å². The number of aromatic nitrogens is 1. The molecule has 1 unspecified atom stereocenters. The van der Waals surface area contributed by atoms with Crippen molar-refractivity contribution >= 4 is 5.78 Å². The summed E-state index contributed by atoms with van der Waals surface area (Å²) in [6.07, 6.45) is 2.69. The zero-order valence-electron chi connectivity index (χ0n) is 9.23. The number of nitrogens with zero attached hydrogens (tertiary/aromatic N) is 1. The Kier molecular flexibility index (Phi) is 3.09. The van der Waals surface area contributed by atoms with Gasteiger partial charge in [0.05, 0.1) is 6.04 Å². The Morgan fingerprint density at radius 1 is 1.53 bits per heavy atom. The number of carbonyl (C=O) groups excluding carboxylic acids is 1. The molecule has 0 saturated heterocycles. The molecular formula is C11H16N2O2. The average Bonchev–Trinajstić information content (AvgIpc) is 2.14. The molecule has 0 saturated carbocycles. The van der Waals surface area contributed by atoms with E-state index in [9.17, 15) is 10.0 Å². The van der Waals surface area contributed by atoms with Crippen molar-refractivity contribution in [2.45, 2.75) is 26.8 Å². The summed E-state index contributed by atoms with van der Waals surface area (Å²) in [5.41, 5.74) is 5.84. The van der Waals surface area contributed by atoms with Crippen LogP contribution in [-0.2, 0) is 4.79 Å². The van der Waals surface area contributed by atoms with E-state index in [1.165, 1.54) is 12.4 Å². The van der Waals surface area contributed by atoms with Gasteiger partial charge in [-0.25, -0.2) is 0 Å². The highest BCUT2D eigenvalue weighted by molar-refractivity contribution is 5.89. The van der Waals surface area contributed by atoms with Gasteiger partial charge in [-0.1, -0.05) is 20.8 Å². The van der Waals surface area contributed by atoms with Crippen molar-refractivity contribution < 1.29 is 9.52 Å². The van der Waals surface area contributed by atoms with E-state index in [2.05, 4.69) is 0 Å². The Labute approximate surface area is 89.3 Å². The summed E-state index contributed by atoms with van der Waals surface area (Å²) in [7, 11) is 0. The van der Waals surface area contributed by atoms with Crippen molar-refractivity contribution in [1.82, 2.24) is 0 Å². The van der Waals surface area contributed by atoms with Crippen LogP contribution in [0.1, 0.15) is 32.4 Å². The van der Waals surface area contributed by atoms with Crippen molar-refractivity contribution in [3.63, 3.8) is 0 Å². The number of Topliss-reactive ketones (excluding diaryl/α,β-unsaturated/α-hetero) is 1. The first-order valence-electron chi connectivity index (χ1n) is 4.81. The van der Waals surface area contributed by atoms with Crippen LogP contribution < -0.4 is 10.5 Å². The number of hydrogen-bond donors (Lipinski definition) is 1. The summed E-state index contributed by atoms with van der Waals surface area (Å²) in [5, 5.41) is 11.0. The van der Waals surface area contributed by atoms with Gasteiger partial charge in [-0.05, 0) is 6.07 Å². The van der Waals surface area contributed by atoms with E-state index in [0.717, 1.165) is 0 Å². The van der Waals surface area contributed by atoms with Crippen LogP contribution in [0.2, 0.25) is 0 Å². The molecule has 0 bridgehead atoms. The number of nitrogens with two attached hydrogens (primary N) is 1. The highest BCUT2D eigenvalue weighted by Crippen LogP contribution is 2.22. The van der Waals surface area contributed by atoms with Gasteiger partial charge in [0.25, 0.3) is 0 Å². The fourth-order valence-corrected chi connectivity index (χ4v) is 1.27. The van der Waals surface area contributed by atoms with Crippen molar-refractivity contribution in [3.05, 3.63) is 35.3 Å². The van der Waals surface area contributed by atoms with Crippen molar-refractivity contribution in [1.29, 1.82) is 0 Å². The summed E-state index contributed by atoms with van der Waals surface area (Å²) in [5.74, 6) is -0.0753. The molecule has 0 fully saturated rings. The molecule has 0 radical (unpaired) electrons. The van der Waals surface area contributed by atoms with Crippen LogP contribution in [0.15, 0.2) is 24.5 Å². The lowest BCUT2D eigenvalue weighted by molar-refractivity contribution is -0.605. The van der Waals surface area contributed by atoms with Crippen LogP contribution in [0.25, 0.3) is 0 Å². The maximum absolute atomic E-state index is 11.8. The van der Waals surface area contributed by atoms with E-state index in [1.807, 2.05) is 20.8 Å². The standard InChI is InChI=1S/C11H16N2O2/c1-11(2,3)10(14)9(12)8-5-4-6-13(15)7-8/h4-7,9H,12H2,1-3H3. The SMILES string of the molecule is CC(C)(C)C(=O)C(N)c1ccc[n+]([O-])c1. The molecule has 0 spiro atoms. The molecule has 0 amide bonds.